The maximum Gasteiger partial charge on any atom is 0.285 e. The molecule has 24 heavy (non-hydrogen) atoms. The third-order valence-corrected chi connectivity index (χ3v) is 4.34. The summed E-state index contributed by atoms with van der Waals surface area (Å²) in [5.41, 5.74) is 6.74. The fourth-order valence-electron chi connectivity index (χ4n) is 2.87. The van der Waals surface area contributed by atoms with E-state index in [1.54, 1.807) is 24.3 Å². The van der Waals surface area contributed by atoms with Gasteiger partial charge in [0.15, 0.2) is 0 Å². The number of amides is 2. The first-order valence-electron chi connectivity index (χ1n) is 7.80. The molecule has 0 bridgehead atoms. The summed E-state index contributed by atoms with van der Waals surface area (Å²) >= 11 is 0. The predicted molar refractivity (Wildman–Crippen MR) is 90.3 cm³/mol. The number of nitrogens with one attached hydrogen (secondary N) is 1. The number of rotatable bonds is 6. The van der Waals surface area contributed by atoms with E-state index >= 15 is 0 Å². The van der Waals surface area contributed by atoms with Crippen molar-refractivity contribution in [2.75, 3.05) is 5.32 Å². The van der Waals surface area contributed by atoms with E-state index in [4.69, 9.17) is 5.73 Å². The molecular weight excluding hydrogens is 304 g/mol. The summed E-state index contributed by atoms with van der Waals surface area (Å²) in [7, 11) is 0. The molecule has 0 radical (unpaired) electrons. The lowest BCUT2D eigenvalue weighted by atomic mass is 9.91. The molecule has 2 aromatic carbocycles. The Morgan fingerprint density at radius 2 is 1.58 bits per heavy atom. The van der Waals surface area contributed by atoms with Crippen LogP contribution in [-0.2, 0) is 26.2 Å². The van der Waals surface area contributed by atoms with Crippen LogP contribution in [0.2, 0.25) is 0 Å². The molecule has 0 spiro atoms. The summed E-state index contributed by atoms with van der Waals surface area (Å²) in [6.07, 6.45) is 1.57. The van der Waals surface area contributed by atoms with Crippen LogP contribution in [0.3, 0.4) is 0 Å². The van der Waals surface area contributed by atoms with Gasteiger partial charge in [-0.2, -0.15) is 0 Å². The second kappa shape index (κ2) is 6.28. The predicted octanol–water partition coefficient (Wildman–Crippen LogP) is 1.95. The lowest BCUT2D eigenvalue weighted by Crippen LogP contribution is -2.33. The number of nitrogens with two attached hydrogens (primary N) is 1. The molecule has 5 nitrogen and oxygen atoms in total. The number of ketones is 1. The Kier molecular flexibility index (Phi) is 4.16. The molecule has 0 aliphatic heterocycles. The molecule has 5 heteroatoms. The number of carbonyl (C=O) groups excluding carboxylic acids is 3. The number of hydrogen-bond acceptors (Lipinski definition) is 3. The Morgan fingerprint density at radius 3 is 2.12 bits per heavy atom. The molecular formula is C19H18N2O3. The Hall–Kier alpha value is -2.95. The summed E-state index contributed by atoms with van der Waals surface area (Å²) in [4.78, 5) is 35.2. The van der Waals surface area contributed by atoms with Crippen LogP contribution >= 0.6 is 0 Å². The van der Waals surface area contributed by atoms with Crippen LogP contribution in [0.25, 0.3) is 0 Å². The van der Waals surface area contributed by atoms with Gasteiger partial charge in [-0.3, -0.25) is 14.4 Å². The molecule has 2 aromatic rings. The van der Waals surface area contributed by atoms with E-state index < -0.39 is 17.1 Å². The zero-order valence-electron chi connectivity index (χ0n) is 13.1. The third-order valence-electron chi connectivity index (χ3n) is 4.34. The highest BCUT2D eigenvalue weighted by molar-refractivity contribution is 6.40. The number of hydrogen-bond donors (Lipinski definition) is 2. The van der Waals surface area contributed by atoms with Crippen LogP contribution in [0.4, 0.5) is 5.69 Å². The van der Waals surface area contributed by atoms with Gasteiger partial charge >= 0.3 is 0 Å². The first-order chi connectivity index (χ1) is 11.5. The summed E-state index contributed by atoms with van der Waals surface area (Å²) in [6, 6.07) is 16.5. The first kappa shape index (κ1) is 15.9. The molecule has 3 N–H and O–H groups in total. The molecule has 122 valence electrons. The second-order valence-corrected chi connectivity index (χ2v) is 6.06. The van der Waals surface area contributed by atoms with E-state index in [1.807, 2.05) is 30.3 Å². The maximum atomic E-state index is 12.0. The minimum Gasteiger partial charge on any atom is -0.363 e. The fourth-order valence-corrected chi connectivity index (χ4v) is 2.87. The van der Waals surface area contributed by atoms with Crippen molar-refractivity contribution in [1.29, 1.82) is 0 Å². The molecule has 1 aliphatic rings. The van der Waals surface area contributed by atoms with Crippen molar-refractivity contribution in [1.82, 2.24) is 0 Å². The van der Waals surface area contributed by atoms with Crippen LogP contribution < -0.4 is 11.1 Å². The smallest absolute Gasteiger partial charge is 0.285 e. The van der Waals surface area contributed by atoms with Gasteiger partial charge in [0, 0.05) is 5.69 Å². The zero-order chi connectivity index (χ0) is 17.2. The molecule has 0 aromatic heterocycles. The van der Waals surface area contributed by atoms with Crippen LogP contribution in [0.1, 0.15) is 24.0 Å². The van der Waals surface area contributed by atoms with E-state index in [2.05, 4.69) is 5.32 Å². The average Bonchev–Trinajstić information content (AvgIpc) is 3.37. The van der Waals surface area contributed by atoms with Crippen molar-refractivity contribution in [2.24, 2.45) is 5.73 Å². The monoisotopic (exact) mass is 322 g/mol. The van der Waals surface area contributed by atoms with E-state index in [-0.39, 0.29) is 5.91 Å². The van der Waals surface area contributed by atoms with Crippen LogP contribution in [0, 0.1) is 0 Å². The number of Topliss-reactive ketones (excluding diaryl/α,β-unsaturated/α-hetero) is 1. The highest BCUT2D eigenvalue weighted by Crippen LogP contribution is 2.49. The number of anilines is 1. The Labute approximate surface area is 139 Å². The molecule has 0 atom stereocenters. The molecule has 0 saturated heterocycles. The van der Waals surface area contributed by atoms with Gasteiger partial charge in [0.1, 0.15) is 0 Å². The van der Waals surface area contributed by atoms with Crippen LogP contribution in [0.5, 0.6) is 0 Å². The molecule has 2 amide bonds. The quantitative estimate of drug-likeness (QED) is 0.797. The molecule has 0 unspecified atom stereocenters. The van der Waals surface area contributed by atoms with E-state index in [1.165, 1.54) is 0 Å². The lowest BCUT2D eigenvalue weighted by molar-refractivity contribution is -0.137. The Balaban J connectivity index is 1.66. The molecule has 0 heterocycles. The zero-order valence-corrected chi connectivity index (χ0v) is 13.1. The first-order valence-corrected chi connectivity index (χ1v) is 7.80. The SMILES string of the molecule is NC(=O)C(=O)C1(c2ccc(NC(=O)Cc3ccccc3)cc2)CC1. The summed E-state index contributed by atoms with van der Waals surface area (Å²) in [5.74, 6) is -1.54. The van der Waals surface area contributed by atoms with Crippen molar-refractivity contribution in [3.05, 3.63) is 65.7 Å². The molecule has 1 fully saturated rings. The number of carbonyl (C=O) groups is 3. The number of primary amides is 1. The average molecular weight is 322 g/mol. The van der Waals surface area contributed by atoms with E-state index in [9.17, 15) is 14.4 Å². The highest BCUT2D eigenvalue weighted by atomic mass is 16.2. The molecule has 3 rings (SSSR count). The maximum absolute atomic E-state index is 12.0. The summed E-state index contributed by atoms with van der Waals surface area (Å²) in [6.45, 7) is 0. The van der Waals surface area contributed by atoms with Crippen molar-refractivity contribution >= 4 is 23.3 Å². The standard InChI is InChI=1S/C19H18N2O3/c20-18(24)17(23)19(10-11-19)14-6-8-15(9-7-14)21-16(22)12-13-4-2-1-3-5-13/h1-9H,10-12H2,(H2,20,24)(H,21,22). The number of benzene rings is 2. The van der Waals surface area contributed by atoms with Crippen molar-refractivity contribution < 1.29 is 14.4 Å². The Morgan fingerprint density at radius 1 is 0.958 bits per heavy atom. The van der Waals surface area contributed by atoms with E-state index in [0.29, 0.717) is 24.9 Å². The lowest BCUT2D eigenvalue weighted by Gasteiger charge is -2.13. The van der Waals surface area contributed by atoms with Gasteiger partial charge in [0.05, 0.1) is 11.8 Å². The van der Waals surface area contributed by atoms with Gasteiger partial charge in [-0.25, -0.2) is 0 Å². The third kappa shape index (κ3) is 3.20. The second-order valence-electron chi connectivity index (χ2n) is 6.06. The van der Waals surface area contributed by atoms with Crippen molar-refractivity contribution in [2.45, 2.75) is 24.7 Å². The van der Waals surface area contributed by atoms with Gasteiger partial charge in [0.2, 0.25) is 11.7 Å². The van der Waals surface area contributed by atoms with Gasteiger partial charge in [-0.05, 0) is 36.1 Å². The summed E-state index contributed by atoms with van der Waals surface area (Å²) < 4.78 is 0. The van der Waals surface area contributed by atoms with Gasteiger partial charge in [-0.15, -0.1) is 0 Å². The van der Waals surface area contributed by atoms with Gasteiger partial charge < -0.3 is 11.1 Å². The normalized spacial score (nSPS) is 14.7. The molecule has 1 saturated carbocycles. The van der Waals surface area contributed by atoms with Crippen molar-refractivity contribution in [3.8, 4) is 0 Å². The Bertz CT molecular complexity index is 778. The van der Waals surface area contributed by atoms with Gasteiger partial charge in [-0.1, -0.05) is 42.5 Å². The largest absolute Gasteiger partial charge is 0.363 e. The fraction of sp³-hybridized carbons (Fsp3) is 0.211. The molecule has 1 aliphatic carbocycles. The van der Waals surface area contributed by atoms with Crippen LogP contribution in [-0.4, -0.2) is 17.6 Å². The summed E-state index contributed by atoms with van der Waals surface area (Å²) in [5, 5.41) is 2.83. The topological polar surface area (TPSA) is 89.3 Å². The minimum absolute atomic E-state index is 0.108. The highest BCUT2D eigenvalue weighted by Gasteiger charge is 2.52. The minimum atomic E-state index is -0.896. The van der Waals surface area contributed by atoms with E-state index in [0.717, 1.165) is 11.1 Å². The van der Waals surface area contributed by atoms with Gasteiger partial charge in [0.25, 0.3) is 5.91 Å². The van der Waals surface area contributed by atoms with Crippen molar-refractivity contribution in [3.63, 3.8) is 0 Å². The van der Waals surface area contributed by atoms with Crippen LogP contribution in [0.15, 0.2) is 54.6 Å².